The average Bonchev–Trinajstić information content (AvgIpc) is 2.54. The molecule has 1 rings (SSSR count). The lowest BCUT2D eigenvalue weighted by Gasteiger charge is -2.33. The molecule has 1 N–H and O–H groups in total. The zero-order valence-corrected chi connectivity index (χ0v) is 9.55. The number of amides is 1. The molecule has 82 valence electrons. The number of hydrogen-bond acceptors (Lipinski definition) is 2. The van der Waals surface area contributed by atoms with Crippen molar-refractivity contribution in [3.05, 3.63) is 0 Å². The molecule has 0 saturated carbocycles. The van der Waals surface area contributed by atoms with E-state index in [0.29, 0.717) is 0 Å². The highest BCUT2D eigenvalue weighted by Crippen LogP contribution is 2.21. The number of likely N-dealkylation sites (tertiary alicyclic amines) is 1. The summed E-state index contributed by atoms with van der Waals surface area (Å²) < 4.78 is 0. The van der Waals surface area contributed by atoms with E-state index in [4.69, 9.17) is 0 Å². The third-order valence-electron chi connectivity index (χ3n) is 2.95. The second-order valence-corrected chi connectivity index (χ2v) is 5.21. The van der Waals surface area contributed by atoms with E-state index in [-0.39, 0.29) is 11.5 Å². The minimum absolute atomic E-state index is 0.142. The van der Waals surface area contributed by atoms with Gasteiger partial charge in [0.25, 0.3) is 0 Å². The maximum Gasteiger partial charge on any atom is 0.207 e. The van der Waals surface area contributed by atoms with Crippen LogP contribution in [0.3, 0.4) is 0 Å². The van der Waals surface area contributed by atoms with Crippen molar-refractivity contribution in [3.63, 3.8) is 0 Å². The van der Waals surface area contributed by atoms with Crippen LogP contribution in [0.25, 0.3) is 0 Å². The van der Waals surface area contributed by atoms with Gasteiger partial charge >= 0.3 is 0 Å². The maximum absolute atomic E-state index is 10.5. The minimum Gasteiger partial charge on any atom is -0.354 e. The van der Waals surface area contributed by atoms with Gasteiger partial charge in [-0.2, -0.15) is 0 Å². The summed E-state index contributed by atoms with van der Waals surface area (Å²) in [5, 5.41) is 2.93. The lowest BCUT2D eigenvalue weighted by Crippen LogP contribution is -2.47. The van der Waals surface area contributed by atoms with E-state index in [2.05, 4.69) is 31.0 Å². The van der Waals surface area contributed by atoms with Gasteiger partial charge in [0.2, 0.25) is 6.41 Å². The molecule has 3 nitrogen and oxygen atoms in total. The van der Waals surface area contributed by atoms with Crippen LogP contribution in [0.5, 0.6) is 0 Å². The monoisotopic (exact) mass is 198 g/mol. The fourth-order valence-corrected chi connectivity index (χ4v) is 1.88. The molecule has 1 saturated heterocycles. The lowest BCUT2D eigenvalue weighted by molar-refractivity contribution is -0.111. The van der Waals surface area contributed by atoms with Gasteiger partial charge in [-0.3, -0.25) is 4.79 Å². The Bertz CT molecular complexity index is 180. The molecule has 1 amide bonds. The van der Waals surface area contributed by atoms with E-state index in [9.17, 15) is 4.79 Å². The van der Waals surface area contributed by atoms with Gasteiger partial charge in [-0.25, -0.2) is 0 Å². The number of nitrogens with one attached hydrogen (secondary N) is 1. The summed E-state index contributed by atoms with van der Waals surface area (Å²) in [7, 11) is 0. The first-order valence-electron chi connectivity index (χ1n) is 5.46. The van der Waals surface area contributed by atoms with Crippen molar-refractivity contribution in [2.75, 3.05) is 19.6 Å². The smallest absolute Gasteiger partial charge is 0.207 e. The second-order valence-electron chi connectivity index (χ2n) is 5.21. The van der Waals surface area contributed by atoms with Crippen molar-refractivity contribution >= 4 is 6.41 Å². The molecular formula is C11H22N2O. The highest BCUT2D eigenvalue weighted by atomic mass is 16.1. The number of carbonyl (C=O) groups is 1. The number of nitrogens with zero attached hydrogens (tertiary/aromatic N) is 1. The quantitative estimate of drug-likeness (QED) is 0.689. The molecule has 0 aromatic carbocycles. The highest BCUT2D eigenvalue weighted by molar-refractivity contribution is 5.47. The van der Waals surface area contributed by atoms with E-state index in [1.165, 1.54) is 25.9 Å². The number of carbonyl (C=O) groups excluding carboxylic acids is 1. The number of rotatable bonds is 4. The maximum atomic E-state index is 10.5. The summed E-state index contributed by atoms with van der Waals surface area (Å²) in [5.74, 6) is 0. The summed E-state index contributed by atoms with van der Waals surface area (Å²) >= 11 is 0. The lowest BCUT2D eigenvalue weighted by atomic mass is 9.86. The third kappa shape index (κ3) is 3.29. The van der Waals surface area contributed by atoms with Crippen LogP contribution >= 0.6 is 0 Å². The van der Waals surface area contributed by atoms with Crippen LogP contribution in [0.4, 0.5) is 0 Å². The van der Waals surface area contributed by atoms with Crippen molar-refractivity contribution in [1.29, 1.82) is 0 Å². The summed E-state index contributed by atoms with van der Waals surface area (Å²) in [5.41, 5.74) is 0.142. The normalized spacial score (nSPS) is 20.8. The summed E-state index contributed by atoms with van der Waals surface area (Å²) in [4.78, 5) is 12.9. The fourth-order valence-electron chi connectivity index (χ4n) is 1.88. The Morgan fingerprint density at radius 2 is 1.93 bits per heavy atom. The van der Waals surface area contributed by atoms with Crippen molar-refractivity contribution in [2.45, 2.75) is 39.7 Å². The van der Waals surface area contributed by atoms with Crippen molar-refractivity contribution in [1.82, 2.24) is 10.2 Å². The predicted molar refractivity (Wildman–Crippen MR) is 58.1 cm³/mol. The molecule has 0 spiro atoms. The van der Waals surface area contributed by atoms with E-state index < -0.39 is 0 Å². The van der Waals surface area contributed by atoms with Crippen molar-refractivity contribution in [2.24, 2.45) is 5.41 Å². The van der Waals surface area contributed by atoms with Gasteiger partial charge in [0.15, 0.2) is 0 Å². The second kappa shape index (κ2) is 4.78. The van der Waals surface area contributed by atoms with E-state index in [1.807, 2.05) is 0 Å². The SMILES string of the molecule is CC(C)(C)[C@@H](CN1CCCC1)NC=O. The first kappa shape index (κ1) is 11.5. The Labute approximate surface area is 86.9 Å². The minimum atomic E-state index is 0.142. The van der Waals surface area contributed by atoms with Crippen LogP contribution in [-0.2, 0) is 4.79 Å². The zero-order valence-electron chi connectivity index (χ0n) is 9.55. The Kier molecular flexibility index (Phi) is 3.93. The molecule has 0 aromatic heterocycles. The van der Waals surface area contributed by atoms with Crippen molar-refractivity contribution in [3.8, 4) is 0 Å². The van der Waals surface area contributed by atoms with Gasteiger partial charge < -0.3 is 10.2 Å². The summed E-state index contributed by atoms with van der Waals surface area (Å²) in [6, 6.07) is 0.262. The Balaban J connectivity index is 2.45. The van der Waals surface area contributed by atoms with Gasteiger partial charge in [0.1, 0.15) is 0 Å². The molecule has 0 unspecified atom stereocenters. The summed E-state index contributed by atoms with van der Waals surface area (Å²) in [6.45, 7) is 9.88. The molecule has 1 aliphatic heterocycles. The molecule has 1 aliphatic rings. The highest BCUT2D eigenvalue weighted by Gasteiger charge is 2.27. The Hall–Kier alpha value is -0.570. The van der Waals surface area contributed by atoms with E-state index >= 15 is 0 Å². The van der Waals surface area contributed by atoms with Crippen LogP contribution < -0.4 is 5.32 Å². The van der Waals surface area contributed by atoms with E-state index in [0.717, 1.165) is 13.0 Å². The molecule has 3 heteroatoms. The van der Waals surface area contributed by atoms with Crippen LogP contribution in [0.15, 0.2) is 0 Å². The first-order valence-corrected chi connectivity index (χ1v) is 5.46. The van der Waals surface area contributed by atoms with Gasteiger partial charge in [0, 0.05) is 12.6 Å². The van der Waals surface area contributed by atoms with Crippen LogP contribution in [0.1, 0.15) is 33.6 Å². The average molecular weight is 198 g/mol. The van der Waals surface area contributed by atoms with Crippen LogP contribution in [-0.4, -0.2) is 37.0 Å². The number of hydrogen-bond donors (Lipinski definition) is 1. The van der Waals surface area contributed by atoms with Gasteiger partial charge in [-0.05, 0) is 31.3 Å². The predicted octanol–water partition coefficient (Wildman–Crippen LogP) is 1.24. The Morgan fingerprint density at radius 3 is 2.36 bits per heavy atom. The molecule has 0 radical (unpaired) electrons. The molecular weight excluding hydrogens is 176 g/mol. The largest absolute Gasteiger partial charge is 0.354 e. The molecule has 0 aliphatic carbocycles. The standard InChI is InChI=1S/C11H22N2O/c1-11(2,3)10(12-9-14)8-13-6-4-5-7-13/h9-10H,4-8H2,1-3H3,(H,12,14)/t10-/m1/s1. The van der Waals surface area contributed by atoms with Crippen molar-refractivity contribution < 1.29 is 4.79 Å². The molecule has 0 bridgehead atoms. The first-order chi connectivity index (χ1) is 6.54. The summed E-state index contributed by atoms with van der Waals surface area (Å²) in [6.07, 6.45) is 3.43. The van der Waals surface area contributed by atoms with Crippen LogP contribution in [0, 0.1) is 5.41 Å². The van der Waals surface area contributed by atoms with E-state index in [1.54, 1.807) is 0 Å². The molecule has 0 aromatic rings. The molecule has 1 fully saturated rings. The molecule has 14 heavy (non-hydrogen) atoms. The zero-order chi connectivity index (χ0) is 10.6. The van der Waals surface area contributed by atoms with Crippen LogP contribution in [0.2, 0.25) is 0 Å². The topological polar surface area (TPSA) is 32.3 Å². The Morgan fingerprint density at radius 1 is 1.36 bits per heavy atom. The molecule has 1 atom stereocenters. The van der Waals surface area contributed by atoms with Gasteiger partial charge in [0.05, 0.1) is 0 Å². The molecule has 1 heterocycles. The van der Waals surface area contributed by atoms with Gasteiger partial charge in [-0.1, -0.05) is 20.8 Å². The third-order valence-corrected chi connectivity index (χ3v) is 2.95. The van der Waals surface area contributed by atoms with Gasteiger partial charge in [-0.15, -0.1) is 0 Å². The fraction of sp³-hybridized carbons (Fsp3) is 0.909.